The molecule has 0 aliphatic carbocycles. The number of aryl methyl sites for hydroxylation is 1. The highest BCUT2D eigenvalue weighted by Gasteiger charge is 2.22. The minimum Gasteiger partial charge on any atom is -0.493 e. The molecular weight excluding hydrogens is 658 g/mol. The molecule has 0 unspecified atom stereocenters. The van der Waals surface area contributed by atoms with E-state index >= 15 is 0 Å². The van der Waals surface area contributed by atoms with Gasteiger partial charge in [0.1, 0.15) is 5.82 Å². The maximum atomic E-state index is 13.4. The van der Waals surface area contributed by atoms with Crippen LogP contribution in [0.2, 0.25) is 0 Å². The van der Waals surface area contributed by atoms with E-state index in [0.29, 0.717) is 42.2 Å². The van der Waals surface area contributed by atoms with E-state index < -0.39 is 6.09 Å². The van der Waals surface area contributed by atoms with Gasteiger partial charge in [-0.05, 0) is 106 Å². The lowest BCUT2D eigenvalue weighted by Gasteiger charge is -2.23. The molecule has 0 fully saturated rings. The topological polar surface area (TPSA) is 129 Å². The number of ether oxygens (including phenoxy) is 2. The molecule has 0 radical (unpaired) electrons. The molecule has 1 heterocycles. The molecule has 0 aliphatic rings. The second kappa shape index (κ2) is 18.7. The van der Waals surface area contributed by atoms with Crippen LogP contribution in [-0.4, -0.2) is 96.0 Å². The van der Waals surface area contributed by atoms with Gasteiger partial charge < -0.3 is 29.5 Å². The molecule has 1 aromatic heterocycles. The predicted molar refractivity (Wildman–Crippen MR) is 206 cm³/mol. The highest BCUT2D eigenvalue weighted by atomic mass is 16.6. The van der Waals surface area contributed by atoms with Crippen LogP contribution in [0.3, 0.4) is 0 Å². The summed E-state index contributed by atoms with van der Waals surface area (Å²) in [6, 6.07) is 18.1. The van der Waals surface area contributed by atoms with Gasteiger partial charge in [0.15, 0.2) is 11.5 Å². The molecule has 0 aliphatic heterocycles. The number of methoxy groups -OCH3 is 1. The van der Waals surface area contributed by atoms with Crippen LogP contribution in [0.5, 0.6) is 11.5 Å². The maximum absolute atomic E-state index is 13.4. The molecule has 0 bridgehead atoms. The normalized spacial score (nSPS) is 10.9. The Kier molecular flexibility index (Phi) is 14.1. The molecule has 12 heteroatoms. The fourth-order valence-electron chi connectivity index (χ4n) is 5.81. The Morgan fingerprint density at radius 3 is 2.21 bits per heavy atom. The van der Waals surface area contributed by atoms with Crippen molar-refractivity contribution in [1.82, 2.24) is 24.7 Å². The summed E-state index contributed by atoms with van der Waals surface area (Å²) >= 11 is 0. The highest BCUT2D eigenvalue weighted by Crippen LogP contribution is 2.41. The van der Waals surface area contributed by atoms with Crippen molar-refractivity contribution in [2.75, 3.05) is 64.1 Å². The van der Waals surface area contributed by atoms with Crippen molar-refractivity contribution in [2.24, 2.45) is 0 Å². The summed E-state index contributed by atoms with van der Waals surface area (Å²) in [6.45, 7) is 16.7. The summed E-state index contributed by atoms with van der Waals surface area (Å²) in [6.07, 6.45) is 0.901. The molecule has 0 spiro atoms. The molecule has 0 saturated heterocycles. The number of hydrogen-bond acceptors (Lipinski definition) is 9. The van der Waals surface area contributed by atoms with E-state index in [2.05, 4.69) is 39.3 Å². The Bertz CT molecular complexity index is 1840. The van der Waals surface area contributed by atoms with Gasteiger partial charge in [0.2, 0.25) is 11.9 Å². The van der Waals surface area contributed by atoms with Gasteiger partial charge in [-0.3, -0.25) is 14.9 Å². The Hall–Kier alpha value is -5.49. The van der Waals surface area contributed by atoms with Gasteiger partial charge in [-0.2, -0.15) is 4.98 Å². The molecular formula is C40H51N7O5. The van der Waals surface area contributed by atoms with E-state index in [0.717, 1.165) is 41.9 Å². The van der Waals surface area contributed by atoms with Gasteiger partial charge in [0.05, 0.1) is 13.5 Å². The van der Waals surface area contributed by atoms with E-state index in [1.807, 2.05) is 59.0 Å². The molecule has 0 atom stereocenters. The molecule has 2 N–H and O–H groups in total. The number of nitrogens with zero attached hydrogens (tertiary/aromatic N) is 5. The smallest absolute Gasteiger partial charge is 0.418 e. The minimum atomic E-state index is -0.783. The number of hydrogen-bond donors (Lipinski definition) is 2. The molecule has 4 aromatic rings. The summed E-state index contributed by atoms with van der Waals surface area (Å²) in [7, 11) is 3.31. The lowest BCUT2D eigenvalue weighted by molar-refractivity contribution is -0.130. The third-order valence-electron chi connectivity index (χ3n) is 9.16. The third-order valence-corrected chi connectivity index (χ3v) is 9.16. The van der Waals surface area contributed by atoms with Gasteiger partial charge in [-0.15, -0.1) is 0 Å². The van der Waals surface area contributed by atoms with Crippen LogP contribution in [-0.2, 0) is 11.2 Å². The largest absolute Gasteiger partial charge is 0.493 e. The number of amides is 3. The van der Waals surface area contributed by atoms with Crippen LogP contribution < -0.4 is 20.1 Å². The summed E-state index contributed by atoms with van der Waals surface area (Å²) < 4.78 is 11.7. The maximum Gasteiger partial charge on any atom is 0.418 e. The van der Waals surface area contributed by atoms with E-state index in [9.17, 15) is 14.4 Å². The number of carbonyl (C=O) groups is 3. The van der Waals surface area contributed by atoms with E-state index in [-0.39, 0.29) is 35.8 Å². The number of anilines is 3. The first kappa shape index (κ1) is 39.3. The fourth-order valence-corrected chi connectivity index (χ4v) is 5.81. The first-order chi connectivity index (χ1) is 25.0. The van der Waals surface area contributed by atoms with Crippen LogP contribution in [0, 0.1) is 13.8 Å². The predicted octanol–water partition coefficient (Wildman–Crippen LogP) is 6.95. The molecule has 12 nitrogen and oxygen atoms in total. The number of nitrogens with one attached hydrogen (secondary N) is 2. The lowest BCUT2D eigenvalue weighted by Crippen LogP contribution is -2.36. The first-order valence-electron chi connectivity index (χ1n) is 17.7. The average molecular weight is 710 g/mol. The summed E-state index contributed by atoms with van der Waals surface area (Å²) in [5.74, 6) is 0.921. The zero-order valence-electron chi connectivity index (χ0n) is 31.6. The average Bonchev–Trinajstić information content (AvgIpc) is 3.14. The van der Waals surface area contributed by atoms with Gasteiger partial charge in [0.25, 0.3) is 5.91 Å². The van der Waals surface area contributed by atoms with Crippen molar-refractivity contribution in [2.45, 2.75) is 48.0 Å². The third kappa shape index (κ3) is 10.1. The summed E-state index contributed by atoms with van der Waals surface area (Å²) in [5, 5.41) is 5.81. The Morgan fingerprint density at radius 1 is 0.846 bits per heavy atom. The fraction of sp³-hybridized carbons (Fsp3) is 0.375. The Labute approximate surface area is 307 Å². The van der Waals surface area contributed by atoms with Gasteiger partial charge >= 0.3 is 6.09 Å². The van der Waals surface area contributed by atoms with Crippen LogP contribution in [0.1, 0.15) is 54.7 Å². The SMILES string of the molecule is CCN(CC)CCN(C)C(=O)c1ccc(Nc2nccc(NC(=O)Oc3c(OC)cc(CC(=O)N(CC)CC)cc3-c3cccc(C)c3C)n2)cc1. The van der Waals surface area contributed by atoms with E-state index in [1.165, 1.54) is 13.3 Å². The van der Waals surface area contributed by atoms with E-state index in [1.54, 1.807) is 46.2 Å². The van der Waals surface area contributed by atoms with Crippen LogP contribution >= 0.6 is 0 Å². The number of rotatable bonds is 16. The Balaban J connectivity index is 1.51. The molecule has 0 saturated carbocycles. The van der Waals surface area contributed by atoms with Crippen LogP contribution in [0.25, 0.3) is 11.1 Å². The van der Waals surface area contributed by atoms with Crippen molar-refractivity contribution in [1.29, 1.82) is 0 Å². The van der Waals surface area contributed by atoms with Crippen LogP contribution in [0.4, 0.5) is 22.2 Å². The summed E-state index contributed by atoms with van der Waals surface area (Å²) in [4.78, 5) is 53.9. The highest BCUT2D eigenvalue weighted by molar-refractivity contribution is 5.94. The van der Waals surface area contributed by atoms with Gasteiger partial charge in [-0.25, -0.2) is 9.78 Å². The van der Waals surface area contributed by atoms with Crippen molar-refractivity contribution in [3.05, 3.63) is 89.1 Å². The molecule has 4 rings (SSSR count). The quantitative estimate of drug-likeness (QED) is 0.127. The number of likely N-dealkylation sites (N-methyl/N-ethyl adjacent to an activating group) is 3. The van der Waals surface area contributed by atoms with E-state index in [4.69, 9.17) is 9.47 Å². The van der Waals surface area contributed by atoms with Crippen molar-refractivity contribution < 1.29 is 23.9 Å². The van der Waals surface area contributed by atoms with Gasteiger partial charge in [-0.1, -0.05) is 32.0 Å². The molecule has 3 amide bonds. The standard InChI is InChI=1S/C40H51N7O5/c1-9-46(10-2)23-22-45(7)38(49)30-16-18-31(19-17-30)42-39-41-21-20-35(43-39)44-40(50)52-37-33(32-15-13-14-27(5)28(32)6)24-29(25-34(37)51-8)26-36(48)47(11-3)12-4/h13-21,24-25H,9-12,22-23,26H2,1-8H3,(H2,41,42,43,44,50). The monoisotopic (exact) mass is 709 g/mol. The first-order valence-corrected chi connectivity index (χ1v) is 17.7. The van der Waals surface area contributed by atoms with Gasteiger partial charge in [0, 0.05) is 56.2 Å². The number of benzene rings is 3. The second-order valence-corrected chi connectivity index (χ2v) is 12.4. The molecule has 52 heavy (non-hydrogen) atoms. The summed E-state index contributed by atoms with van der Waals surface area (Å²) in [5.41, 5.74) is 5.54. The van der Waals surface area contributed by atoms with Crippen molar-refractivity contribution >= 4 is 35.4 Å². The number of aromatic nitrogens is 2. The number of carbonyl (C=O) groups excluding carboxylic acids is 3. The lowest BCUT2D eigenvalue weighted by atomic mass is 9.94. The zero-order valence-corrected chi connectivity index (χ0v) is 31.6. The molecule has 276 valence electrons. The van der Waals surface area contributed by atoms with Crippen LogP contribution in [0.15, 0.2) is 66.9 Å². The van der Waals surface area contributed by atoms with Crippen molar-refractivity contribution in [3.63, 3.8) is 0 Å². The Morgan fingerprint density at radius 2 is 1.56 bits per heavy atom. The second-order valence-electron chi connectivity index (χ2n) is 12.4. The van der Waals surface area contributed by atoms with Crippen molar-refractivity contribution in [3.8, 4) is 22.6 Å². The zero-order chi connectivity index (χ0) is 37.8. The molecule has 3 aromatic carbocycles. The minimum absolute atomic E-state index is 0.00278.